The Kier molecular flexibility index (Phi) is 2.10. The van der Waals surface area contributed by atoms with Gasteiger partial charge in [-0.05, 0) is 6.42 Å². The van der Waals surface area contributed by atoms with Gasteiger partial charge in [0.05, 0.1) is 0 Å². The Balaban J connectivity index is 2.34. The van der Waals surface area contributed by atoms with E-state index in [1.807, 2.05) is 0 Å². The largest absolute Gasteiger partial charge is 0.356 e. The van der Waals surface area contributed by atoms with Crippen molar-refractivity contribution in [1.29, 1.82) is 0 Å². The molecule has 1 atom stereocenters. The van der Waals surface area contributed by atoms with E-state index in [2.05, 4.69) is 27.9 Å². The fourth-order valence-electron chi connectivity index (χ4n) is 0.744. The fraction of sp³-hybridized carbons (Fsp3) is 0.800. The van der Waals surface area contributed by atoms with Gasteiger partial charge < -0.3 is 5.32 Å². The van der Waals surface area contributed by atoms with Crippen LogP contribution < -0.4 is 5.32 Å². The quantitative estimate of drug-likeness (QED) is 0.477. The maximum atomic E-state index is 10.6. The van der Waals surface area contributed by atoms with Crippen LogP contribution in [0, 0.1) is 0 Å². The molecule has 0 aromatic rings. The lowest BCUT2D eigenvalue weighted by atomic mass is 10.2. The monoisotopic (exact) mass is 225 g/mol. The third-order valence-electron chi connectivity index (χ3n) is 1.19. The zero-order valence-corrected chi connectivity index (χ0v) is 6.64. The Morgan fingerprint density at radius 1 is 1.75 bits per heavy atom. The Morgan fingerprint density at radius 2 is 2.50 bits per heavy atom. The van der Waals surface area contributed by atoms with Crippen molar-refractivity contribution in [1.82, 2.24) is 5.32 Å². The summed E-state index contributed by atoms with van der Waals surface area (Å²) in [6.07, 6.45) is 1.84. The number of hydrogen-bond acceptors (Lipinski definition) is 1. The molecule has 1 heterocycles. The molecular weight excluding hydrogens is 217 g/mol. The van der Waals surface area contributed by atoms with E-state index in [4.69, 9.17) is 0 Å². The zero-order chi connectivity index (χ0) is 5.98. The number of alkyl halides is 1. The summed E-state index contributed by atoms with van der Waals surface area (Å²) in [5.41, 5.74) is 0. The Bertz CT molecular complexity index is 105. The van der Waals surface area contributed by atoms with Crippen molar-refractivity contribution in [3.8, 4) is 0 Å². The predicted molar refractivity (Wildman–Crippen MR) is 40.1 cm³/mol. The van der Waals surface area contributed by atoms with Gasteiger partial charge in [0.1, 0.15) is 0 Å². The lowest BCUT2D eigenvalue weighted by molar-refractivity contribution is -0.121. The van der Waals surface area contributed by atoms with E-state index in [1.165, 1.54) is 0 Å². The van der Waals surface area contributed by atoms with Crippen LogP contribution in [-0.4, -0.2) is 16.4 Å². The molecule has 46 valence electrons. The number of nitrogens with one attached hydrogen (secondary N) is 1. The highest BCUT2D eigenvalue weighted by atomic mass is 127. The number of halogens is 1. The van der Waals surface area contributed by atoms with Gasteiger partial charge in [0, 0.05) is 16.9 Å². The van der Waals surface area contributed by atoms with Crippen molar-refractivity contribution in [3.63, 3.8) is 0 Å². The summed E-state index contributed by atoms with van der Waals surface area (Å²) in [7, 11) is 0. The van der Waals surface area contributed by atoms with Crippen molar-refractivity contribution in [3.05, 3.63) is 0 Å². The molecule has 3 heteroatoms. The second-order valence-corrected chi connectivity index (χ2v) is 3.70. The summed E-state index contributed by atoms with van der Waals surface area (Å²) in [6, 6.07) is 0. The molecule has 1 amide bonds. The summed E-state index contributed by atoms with van der Waals surface area (Å²) < 4.78 is 0.571. The molecule has 0 bridgehead atoms. The van der Waals surface area contributed by atoms with Crippen LogP contribution in [-0.2, 0) is 4.79 Å². The smallest absolute Gasteiger partial charge is 0.221 e. The van der Waals surface area contributed by atoms with Gasteiger partial charge in [-0.3, -0.25) is 4.79 Å². The van der Waals surface area contributed by atoms with E-state index < -0.39 is 0 Å². The van der Waals surface area contributed by atoms with Gasteiger partial charge in [0.15, 0.2) is 0 Å². The average Bonchev–Trinajstić information content (AvgIpc) is 1.64. The third kappa shape index (κ3) is 1.61. The minimum Gasteiger partial charge on any atom is -0.356 e. The van der Waals surface area contributed by atoms with Crippen LogP contribution in [0.4, 0.5) is 0 Å². The van der Waals surface area contributed by atoms with Crippen LogP contribution in [0.15, 0.2) is 0 Å². The Hall–Kier alpha value is 0.200. The molecule has 1 saturated heterocycles. The predicted octanol–water partition coefficient (Wildman–Crippen LogP) is 0.700. The minimum absolute atomic E-state index is 0.204. The van der Waals surface area contributed by atoms with Crippen LogP contribution in [0.3, 0.4) is 0 Å². The van der Waals surface area contributed by atoms with Crippen molar-refractivity contribution in [2.45, 2.75) is 16.8 Å². The molecule has 1 aliphatic heterocycles. The molecule has 1 fully saturated rings. The maximum Gasteiger partial charge on any atom is 0.221 e. The molecule has 1 rings (SSSR count). The third-order valence-corrected chi connectivity index (χ3v) is 2.25. The van der Waals surface area contributed by atoms with Crippen molar-refractivity contribution in [2.24, 2.45) is 0 Å². The Morgan fingerprint density at radius 3 is 2.88 bits per heavy atom. The molecule has 0 radical (unpaired) electrons. The van der Waals surface area contributed by atoms with E-state index >= 15 is 0 Å². The van der Waals surface area contributed by atoms with Crippen molar-refractivity contribution in [2.75, 3.05) is 6.54 Å². The number of piperidine rings is 1. The molecule has 0 aromatic carbocycles. The number of hydrogen-bond donors (Lipinski definition) is 1. The number of carbonyl (C=O) groups is 1. The minimum atomic E-state index is 0.204. The standard InChI is InChI=1S/C5H8INO/c6-4-1-2-7-5(8)3-4/h4H,1-3H2,(H,7,8). The lowest BCUT2D eigenvalue weighted by Gasteiger charge is -2.15. The van der Waals surface area contributed by atoms with Gasteiger partial charge in [0.2, 0.25) is 5.91 Å². The first-order chi connectivity index (χ1) is 3.79. The average molecular weight is 225 g/mol. The van der Waals surface area contributed by atoms with Crippen molar-refractivity contribution < 1.29 is 4.79 Å². The molecule has 2 nitrogen and oxygen atoms in total. The lowest BCUT2D eigenvalue weighted by Crippen LogP contribution is -2.33. The molecule has 0 aliphatic carbocycles. The SMILES string of the molecule is O=C1CC(I)CCN1. The zero-order valence-electron chi connectivity index (χ0n) is 4.48. The van der Waals surface area contributed by atoms with Gasteiger partial charge in [-0.1, -0.05) is 22.6 Å². The number of rotatable bonds is 0. The van der Waals surface area contributed by atoms with E-state index in [-0.39, 0.29) is 5.91 Å². The van der Waals surface area contributed by atoms with Crippen LogP contribution in [0.25, 0.3) is 0 Å². The van der Waals surface area contributed by atoms with Gasteiger partial charge in [-0.15, -0.1) is 0 Å². The fourth-order valence-corrected chi connectivity index (χ4v) is 1.46. The van der Waals surface area contributed by atoms with Crippen LogP contribution in [0.1, 0.15) is 12.8 Å². The number of amides is 1. The number of carbonyl (C=O) groups excluding carboxylic acids is 1. The molecule has 1 N–H and O–H groups in total. The van der Waals surface area contributed by atoms with E-state index in [1.54, 1.807) is 0 Å². The van der Waals surface area contributed by atoms with Gasteiger partial charge in [-0.2, -0.15) is 0 Å². The topological polar surface area (TPSA) is 29.1 Å². The highest BCUT2D eigenvalue weighted by Crippen LogP contribution is 2.12. The summed E-state index contributed by atoms with van der Waals surface area (Å²) in [6.45, 7) is 0.867. The summed E-state index contributed by atoms with van der Waals surface area (Å²) in [4.78, 5) is 10.6. The molecule has 0 spiro atoms. The van der Waals surface area contributed by atoms with Crippen molar-refractivity contribution >= 4 is 28.5 Å². The normalized spacial score (nSPS) is 29.6. The highest BCUT2D eigenvalue weighted by Gasteiger charge is 2.14. The molecule has 8 heavy (non-hydrogen) atoms. The molecule has 0 saturated carbocycles. The molecule has 1 unspecified atom stereocenters. The second kappa shape index (κ2) is 2.66. The van der Waals surface area contributed by atoms with E-state index in [0.29, 0.717) is 10.3 Å². The first-order valence-electron chi connectivity index (χ1n) is 2.70. The van der Waals surface area contributed by atoms with Crippen LogP contribution in [0.5, 0.6) is 0 Å². The van der Waals surface area contributed by atoms with Gasteiger partial charge >= 0.3 is 0 Å². The van der Waals surface area contributed by atoms with Gasteiger partial charge in [-0.25, -0.2) is 0 Å². The van der Waals surface area contributed by atoms with Crippen LogP contribution in [0.2, 0.25) is 0 Å². The second-order valence-electron chi connectivity index (χ2n) is 1.94. The molecular formula is C5H8INO. The molecule has 1 aliphatic rings. The first-order valence-corrected chi connectivity index (χ1v) is 3.94. The van der Waals surface area contributed by atoms with Gasteiger partial charge in [0.25, 0.3) is 0 Å². The van der Waals surface area contributed by atoms with E-state index in [9.17, 15) is 4.79 Å². The summed E-state index contributed by atoms with van der Waals surface area (Å²) in [5, 5.41) is 2.77. The summed E-state index contributed by atoms with van der Waals surface area (Å²) >= 11 is 2.31. The van der Waals surface area contributed by atoms with Crippen LogP contribution >= 0.6 is 22.6 Å². The summed E-state index contributed by atoms with van der Waals surface area (Å²) in [5.74, 6) is 0.204. The maximum absolute atomic E-state index is 10.6. The molecule has 0 aromatic heterocycles. The Labute approximate surface area is 62.2 Å². The first kappa shape index (κ1) is 6.32. The van der Waals surface area contributed by atoms with E-state index in [0.717, 1.165) is 13.0 Å². The highest BCUT2D eigenvalue weighted by molar-refractivity contribution is 14.1.